The van der Waals surface area contributed by atoms with Crippen molar-refractivity contribution in [2.24, 2.45) is 5.73 Å². The fourth-order valence-electron chi connectivity index (χ4n) is 2.54. The Morgan fingerprint density at radius 1 is 1.41 bits per heavy atom. The molecule has 2 rings (SSSR count). The normalized spacial score (nSPS) is 22.4. The molecule has 1 saturated carbocycles. The smallest absolute Gasteiger partial charge is 0.413 e. The van der Waals surface area contributed by atoms with E-state index >= 15 is 0 Å². The maximum Gasteiger partial charge on any atom is 0.413 e. The van der Waals surface area contributed by atoms with Gasteiger partial charge in [0.15, 0.2) is 0 Å². The van der Waals surface area contributed by atoms with E-state index in [2.05, 4.69) is 20.8 Å². The highest BCUT2D eigenvalue weighted by atomic mass is 16.6. The van der Waals surface area contributed by atoms with Crippen LogP contribution in [0.2, 0.25) is 0 Å². The third-order valence-electron chi connectivity index (χ3n) is 3.70. The summed E-state index contributed by atoms with van der Waals surface area (Å²) in [5.74, 6) is 0.578. The molecule has 1 aliphatic carbocycles. The third kappa shape index (κ3) is 5.31. The molecule has 7 heteroatoms. The van der Waals surface area contributed by atoms with Crippen molar-refractivity contribution in [2.45, 2.75) is 70.7 Å². The molecule has 0 radical (unpaired) electrons. The Kier molecular flexibility index (Phi) is 5.42. The molecule has 1 aliphatic rings. The lowest BCUT2D eigenvalue weighted by Gasteiger charge is -2.26. The molecule has 0 bridgehead atoms. The molecule has 1 fully saturated rings. The van der Waals surface area contributed by atoms with Gasteiger partial charge in [0, 0.05) is 24.2 Å². The number of nitrogens with two attached hydrogens (primary N) is 1. The van der Waals surface area contributed by atoms with E-state index in [1.807, 2.05) is 20.8 Å². The zero-order valence-corrected chi connectivity index (χ0v) is 13.6. The topological polar surface area (TPSA) is 105 Å². The number of ether oxygens (including phenoxy) is 1. The predicted octanol–water partition coefficient (Wildman–Crippen LogP) is 2.12. The summed E-state index contributed by atoms with van der Waals surface area (Å²) in [6.45, 7) is 6.14. The van der Waals surface area contributed by atoms with E-state index in [9.17, 15) is 4.79 Å². The Bertz CT molecular complexity index is 486. The van der Waals surface area contributed by atoms with E-state index in [1.54, 1.807) is 6.20 Å². The van der Waals surface area contributed by atoms with Crippen LogP contribution < -0.4 is 16.4 Å². The van der Waals surface area contributed by atoms with Crippen LogP contribution in [0.4, 0.5) is 10.6 Å². The first-order valence-electron chi connectivity index (χ1n) is 7.84. The van der Waals surface area contributed by atoms with E-state index in [0.29, 0.717) is 24.4 Å². The van der Waals surface area contributed by atoms with Gasteiger partial charge in [-0.05, 0) is 46.5 Å². The molecular formula is C15H27N5O2. The largest absolute Gasteiger partial charge is 0.444 e. The summed E-state index contributed by atoms with van der Waals surface area (Å²) in [5.41, 5.74) is 6.31. The van der Waals surface area contributed by atoms with Gasteiger partial charge >= 0.3 is 6.09 Å². The van der Waals surface area contributed by atoms with Crippen LogP contribution in [0, 0.1) is 0 Å². The van der Waals surface area contributed by atoms with Gasteiger partial charge in [0.2, 0.25) is 0 Å². The first-order chi connectivity index (χ1) is 10.3. The van der Waals surface area contributed by atoms with Crippen molar-refractivity contribution in [1.29, 1.82) is 0 Å². The van der Waals surface area contributed by atoms with Crippen LogP contribution in [0.3, 0.4) is 0 Å². The lowest BCUT2D eigenvalue weighted by atomic mass is 9.92. The van der Waals surface area contributed by atoms with Crippen LogP contribution in [0.5, 0.6) is 0 Å². The monoisotopic (exact) mass is 309 g/mol. The van der Waals surface area contributed by atoms with E-state index in [4.69, 9.17) is 10.5 Å². The third-order valence-corrected chi connectivity index (χ3v) is 3.70. The first kappa shape index (κ1) is 16.8. The van der Waals surface area contributed by atoms with Crippen LogP contribution in [0.25, 0.3) is 0 Å². The minimum Gasteiger partial charge on any atom is -0.444 e. The molecule has 1 aromatic rings. The minimum absolute atomic E-state index is 0.344. The molecule has 1 amide bonds. The molecule has 0 aliphatic heterocycles. The summed E-state index contributed by atoms with van der Waals surface area (Å²) in [4.78, 5) is 11.8. The summed E-state index contributed by atoms with van der Waals surface area (Å²) in [6.07, 6.45) is 5.54. The molecule has 1 heterocycles. The Labute approximate surface area is 131 Å². The van der Waals surface area contributed by atoms with Gasteiger partial charge in [-0.1, -0.05) is 0 Å². The second kappa shape index (κ2) is 7.11. The molecule has 0 spiro atoms. The SMILES string of the molecule is CC(C)(C)OC(=O)Nc1[nH]ncc1CNC1CCC(N)CC1. The Morgan fingerprint density at radius 2 is 2.09 bits per heavy atom. The number of hydrogen-bond donors (Lipinski definition) is 4. The van der Waals surface area contributed by atoms with Crippen molar-refractivity contribution in [3.63, 3.8) is 0 Å². The average molecular weight is 309 g/mol. The number of nitrogens with one attached hydrogen (secondary N) is 3. The fraction of sp³-hybridized carbons (Fsp3) is 0.733. The molecule has 0 saturated heterocycles. The number of carbonyl (C=O) groups is 1. The predicted molar refractivity (Wildman–Crippen MR) is 85.5 cm³/mol. The van der Waals surface area contributed by atoms with E-state index in [1.165, 1.54) is 0 Å². The Balaban J connectivity index is 1.83. The summed E-state index contributed by atoms with van der Waals surface area (Å²) in [6, 6.07) is 0.820. The molecule has 0 unspecified atom stereocenters. The minimum atomic E-state index is -0.524. The number of amides is 1. The molecule has 0 atom stereocenters. The van der Waals surface area contributed by atoms with Crippen molar-refractivity contribution >= 4 is 11.9 Å². The number of nitrogens with zero attached hydrogens (tertiary/aromatic N) is 1. The second-order valence-corrected chi connectivity index (χ2v) is 6.89. The maximum absolute atomic E-state index is 11.8. The van der Waals surface area contributed by atoms with Gasteiger partial charge in [0.25, 0.3) is 0 Å². The Hall–Kier alpha value is -1.60. The summed E-state index contributed by atoms with van der Waals surface area (Å²) in [7, 11) is 0. The summed E-state index contributed by atoms with van der Waals surface area (Å²) in [5, 5.41) is 13.0. The molecule has 5 N–H and O–H groups in total. The zero-order chi connectivity index (χ0) is 16.2. The fourth-order valence-corrected chi connectivity index (χ4v) is 2.54. The highest BCUT2D eigenvalue weighted by Crippen LogP contribution is 2.19. The van der Waals surface area contributed by atoms with Gasteiger partial charge in [-0.2, -0.15) is 5.10 Å². The number of H-pyrrole nitrogens is 1. The number of aromatic amines is 1. The van der Waals surface area contributed by atoms with Crippen molar-refractivity contribution in [1.82, 2.24) is 15.5 Å². The van der Waals surface area contributed by atoms with Gasteiger partial charge < -0.3 is 15.8 Å². The van der Waals surface area contributed by atoms with E-state index in [-0.39, 0.29) is 0 Å². The first-order valence-corrected chi connectivity index (χ1v) is 7.84. The average Bonchev–Trinajstić information content (AvgIpc) is 2.83. The molecule has 7 nitrogen and oxygen atoms in total. The van der Waals surface area contributed by atoms with Crippen molar-refractivity contribution in [3.05, 3.63) is 11.8 Å². The summed E-state index contributed by atoms with van der Waals surface area (Å²) >= 11 is 0. The van der Waals surface area contributed by atoms with Crippen LogP contribution in [0.1, 0.15) is 52.0 Å². The standard InChI is InChI=1S/C15H27N5O2/c1-15(2,3)22-14(21)19-13-10(9-18-20-13)8-17-12-6-4-11(16)5-7-12/h9,11-12,17H,4-8,16H2,1-3H3,(H2,18,19,20,21). The summed E-state index contributed by atoms with van der Waals surface area (Å²) < 4.78 is 5.24. The van der Waals surface area contributed by atoms with Crippen LogP contribution >= 0.6 is 0 Å². The molecule has 22 heavy (non-hydrogen) atoms. The quantitative estimate of drug-likeness (QED) is 0.682. The van der Waals surface area contributed by atoms with Gasteiger partial charge in [-0.3, -0.25) is 10.4 Å². The van der Waals surface area contributed by atoms with E-state index in [0.717, 1.165) is 31.2 Å². The number of anilines is 1. The van der Waals surface area contributed by atoms with Crippen molar-refractivity contribution < 1.29 is 9.53 Å². The molecule has 124 valence electrons. The van der Waals surface area contributed by atoms with Crippen molar-refractivity contribution in [3.8, 4) is 0 Å². The van der Waals surface area contributed by atoms with Gasteiger partial charge in [0.05, 0.1) is 6.20 Å². The molecular weight excluding hydrogens is 282 g/mol. The van der Waals surface area contributed by atoms with Crippen LogP contribution in [-0.2, 0) is 11.3 Å². The second-order valence-electron chi connectivity index (χ2n) is 6.89. The number of hydrogen-bond acceptors (Lipinski definition) is 5. The highest BCUT2D eigenvalue weighted by molar-refractivity contribution is 5.84. The number of rotatable bonds is 4. The highest BCUT2D eigenvalue weighted by Gasteiger charge is 2.20. The van der Waals surface area contributed by atoms with Crippen LogP contribution in [-0.4, -0.2) is 34.0 Å². The van der Waals surface area contributed by atoms with Crippen molar-refractivity contribution in [2.75, 3.05) is 5.32 Å². The number of carbonyl (C=O) groups excluding carboxylic acids is 1. The van der Waals surface area contributed by atoms with Gasteiger partial charge in [-0.15, -0.1) is 0 Å². The molecule has 0 aromatic carbocycles. The van der Waals surface area contributed by atoms with Gasteiger partial charge in [0.1, 0.15) is 11.4 Å². The molecule has 1 aromatic heterocycles. The Morgan fingerprint density at radius 3 is 2.73 bits per heavy atom. The zero-order valence-electron chi connectivity index (χ0n) is 13.6. The van der Waals surface area contributed by atoms with Crippen LogP contribution in [0.15, 0.2) is 6.20 Å². The lowest BCUT2D eigenvalue weighted by Crippen LogP contribution is -2.37. The maximum atomic E-state index is 11.8. The van der Waals surface area contributed by atoms with E-state index < -0.39 is 11.7 Å². The lowest BCUT2D eigenvalue weighted by molar-refractivity contribution is 0.0635. The number of aromatic nitrogens is 2. The van der Waals surface area contributed by atoms with Gasteiger partial charge in [-0.25, -0.2) is 4.79 Å².